The van der Waals surface area contributed by atoms with Crippen LogP contribution in [0.4, 0.5) is 19.0 Å². The molecule has 2 aliphatic rings. The van der Waals surface area contributed by atoms with E-state index in [1.54, 1.807) is 16.7 Å². The van der Waals surface area contributed by atoms with Gasteiger partial charge in [0.1, 0.15) is 30.0 Å². The lowest BCUT2D eigenvalue weighted by Gasteiger charge is -2.17. The van der Waals surface area contributed by atoms with Crippen molar-refractivity contribution in [3.63, 3.8) is 0 Å². The highest BCUT2D eigenvalue weighted by atomic mass is 35.5. The van der Waals surface area contributed by atoms with Gasteiger partial charge in [0.15, 0.2) is 0 Å². The van der Waals surface area contributed by atoms with Gasteiger partial charge >= 0.3 is 11.9 Å². The highest BCUT2D eigenvalue weighted by Crippen LogP contribution is 2.38. The maximum atomic E-state index is 13.1. The molecular formula is C24H18ClF3N4O3. The first-order chi connectivity index (χ1) is 16.7. The fourth-order valence-electron chi connectivity index (χ4n) is 4.41. The number of anilines is 1. The van der Waals surface area contributed by atoms with Crippen molar-refractivity contribution in [3.8, 4) is 23.4 Å². The van der Waals surface area contributed by atoms with Crippen molar-refractivity contribution in [3.05, 3.63) is 74.7 Å². The van der Waals surface area contributed by atoms with Gasteiger partial charge in [-0.1, -0.05) is 17.7 Å². The molecular weight excluding hydrogens is 485 g/mol. The molecule has 0 aliphatic carbocycles. The Morgan fingerprint density at radius 3 is 2.80 bits per heavy atom. The number of hydrogen-bond acceptors (Lipinski definition) is 6. The molecule has 2 aliphatic heterocycles. The van der Waals surface area contributed by atoms with Crippen LogP contribution in [0.25, 0.3) is 0 Å². The van der Waals surface area contributed by atoms with E-state index in [2.05, 4.69) is 9.88 Å². The molecule has 1 saturated heterocycles. The summed E-state index contributed by atoms with van der Waals surface area (Å²) in [5, 5.41) is 9.08. The van der Waals surface area contributed by atoms with Crippen LogP contribution in [0.3, 0.4) is 0 Å². The summed E-state index contributed by atoms with van der Waals surface area (Å²) in [4.78, 5) is 18.6. The number of nitriles is 1. The first kappa shape index (κ1) is 23.1. The third-order valence-electron chi connectivity index (χ3n) is 6.05. The number of ether oxygens (including phenoxy) is 2. The molecule has 3 heterocycles. The summed E-state index contributed by atoms with van der Waals surface area (Å²) >= 11 is 5.65. The van der Waals surface area contributed by atoms with Gasteiger partial charge in [0.25, 0.3) is 0 Å². The zero-order valence-corrected chi connectivity index (χ0v) is 18.9. The van der Waals surface area contributed by atoms with E-state index in [1.165, 1.54) is 18.2 Å². The van der Waals surface area contributed by atoms with Gasteiger partial charge in [0.2, 0.25) is 5.88 Å². The van der Waals surface area contributed by atoms with Gasteiger partial charge in [0, 0.05) is 25.2 Å². The van der Waals surface area contributed by atoms with Gasteiger partial charge < -0.3 is 14.4 Å². The molecule has 2 aromatic carbocycles. The second-order valence-corrected chi connectivity index (χ2v) is 8.71. The number of benzene rings is 2. The maximum absolute atomic E-state index is 13.1. The van der Waals surface area contributed by atoms with Crippen LogP contribution < -0.4 is 20.1 Å². The number of rotatable bonds is 5. The summed E-state index contributed by atoms with van der Waals surface area (Å²) in [7, 11) is 0. The molecule has 1 fully saturated rings. The zero-order chi connectivity index (χ0) is 24.7. The Morgan fingerprint density at radius 1 is 1.20 bits per heavy atom. The lowest BCUT2D eigenvalue weighted by atomic mass is 10.1. The molecule has 1 atom stereocenters. The van der Waals surface area contributed by atoms with Crippen LogP contribution in [0, 0.1) is 11.3 Å². The summed E-state index contributed by atoms with van der Waals surface area (Å²) in [6.45, 7) is 1.55. The Balaban J connectivity index is 1.32. The van der Waals surface area contributed by atoms with Gasteiger partial charge in [-0.05, 0) is 48.7 Å². The smallest absolute Gasteiger partial charge is 0.417 e. The predicted octanol–water partition coefficient (Wildman–Crippen LogP) is 5.14. The van der Waals surface area contributed by atoms with E-state index in [1.807, 2.05) is 6.07 Å². The molecule has 5 rings (SSSR count). The van der Waals surface area contributed by atoms with Gasteiger partial charge in [-0.15, -0.1) is 0 Å². The molecule has 0 spiro atoms. The number of nitrogens with zero attached hydrogens (tertiary/aromatic N) is 4. The molecule has 0 N–H and O–H groups in total. The van der Waals surface area contributed by atoms with E-state index in [9.17, 15) is 23.2 Å². The predicted molar refractivity (Wildman–Crippen MR) is 121 cm³/mol. The lowest BCUT2D eigenvalue weighted by Crippen LogP contribution is -2.24. The summed E-state index contributed by atoms with van der Waals surface area (Å²) in [6.07, 6.45) is -2.52. The molecule has 0 bridgehead atoms. The second-order valence-electron chi connectivity index (χ2n) is 8.31. The van der Waals surface area contributed by atoms with E-state index in [0.29, 0.717) is 18.2 Å². The monoisotopic (exact) mass is 502 g/mol. The van der Waals surface area contributed by atoms with Crippen LogP contribution in [-0.2, 0) is 19.3 Å². The van der Waals surface area contributed by atoms with Crippen LogP contribution in [0.2, 0.25) is 5.02 Å². The number of halogens is 4. The number of fused-ring (bicyclic) bond motifs is 3. The topological polar surface area (TPSA) is 80.4 Å². The molecule has 3 aromatic rings. The van der Waals surface area contributed by atoms with E-state index >= 15 is 0 Å². The van der Waals surface area contributed by atoms with E-state index in [0.717, 1.165) is 37.3 Å². The third kappa shape index (κ3) is 4.51. The standard InChI is InChI=1S/C24H18ClF3N4O3/c25-19-5-4-17(9-18(19)24(26,27)28)35-20-6-3-14(8-15(20)11-29)13-34-21-10-22-31-7-1-2-16(31)12-32(22)23(33)30-21/h3-6,8-10,16H,1-2,7,12-13H2. The molecule has 35 heavy (non-hydrogen) atoms. The van der Waals surface area contributed by atoms with E-state index < -0.39 is 16.8 Å². The third-order valence-corrected chi connectivity index (χ3v) is 6.38. The molecule has 1 unspecified atom stereocenters. The zero-order valence-electron chi connectivity index (χ0n) is 18.2. The summed E-state index contributed by atoms with van der Waals surface area (Å²) in [5.41, 5.74) is -0.688. The first-order valence-electron chi connectivity index (χ1n) is 10.8. The van der Waals surface area contributed by atoms with Crippen molar-refractivity contribution >= 4 is 17.4 Å². The molecule has 0 amide bonds. The molecule has 180 valence electrons. The minimum atomic E-state index is -4.64. The molecule has 1 aromatic heterocycles. The highest BCUT2D eigenvalue weighted by molar-refractivity contribution is 6.31. The largest absolute Gasteiger partial charge is 0.473 e. The Kier molecular flexibility index (Phi) is 5.81. The fraction of sp³-hybridized carbons (Fsp3) is 0.292. The van der Waals surface area contributed by atoms with Crippen LogP contribution in [0.15, 0.2) is 47.3 Å². The lowest BCUT2D eigenvalue weighted by molar-refractivity contribution is -0.137. The van der Waals surface area contributed by atoms with E-state index in [4.69, 9.17) is 21.1 Å². The summed E-state index contributed by atoms with van der Waals surface area (Å²) < 4.78 is 52.3. The van der Waals surface area contributed by atoms with Crippen molar-refractivity contribution < 1.29 is 22.6 Å². The van der Waals surface area contributed by atoms with Crippen molar-refractivity contribution in [2.75, 3.05) is 11.4 Å². The molecule has 7 nitrogen and oxygen atoms in total. The number of aromatic nitrogens is 2. The van der Waals surface area contributed by atoms with E-state index in [-0.39, 0.29) is 35.2 Å². The Labute approximate surface area is 202 Å². The Hall–Kier alpha value is -3.71. The molecule has 11 heteroatoms. The van der Waals surface area contributed by atoms with Crippen LogP contribution in [-0.4, -0.2) is 22.1 Å². The minimum Gasteiger partial charge on any atom is -0.473 e. The average molecular weight is 503 g/mol. The van der Waals surface area contributed by atoms with Crippen LogP contribution in [0.1, 0.15) is 29.5 Å². The maximum Gasteiger partial charge on any atom is 0.417 e. The van der Waals surface area contributed by atoms with Gasteiger partial charge in [-0.25, -0.2) is 4.79 Å². The molecule has 0 saturated carbocycles. The number of alkyl halides is 3. The SMILES string of the molecule is N#Cc1cc(COc2cc3n(c(=O)n2)CC2CCCN32)ccc1Oc1ccc(Cl)c(C(F)(F)F)c1. The van der Waals surface area contributed by atoms with Crippen LogP contribution >= 0.6 is 11.6 Å². The van der Waals surface area contributed by atoms with Crippen molar-refractivity contribution in [1.29, 1.82) is 5.26 Å². The second kappa shape index (κ2) is 8.82. The van der Waals surface area contributed by atoms with Crippen molar-refractivity contribution in [1.82, 2.24) is 9.55 Å². The van der Waals surface area contributed by atoms with Gasteiger partial charge in [0.05, 0.1) is 16.1 Å². The number of hydrogen-bond donors (Lipinski definition) is 0. The first-order valence-corrected chi connectivity index (χ1v) is 11.2. The summed E-state index contributed by atoms with van der Waals surface area (Å²) in [6, 6.07) is 11.8. The average Bonchev–Trinajstić information content (AvgIpc) is 3.41. The van der Waals surface area contributed by atoms with Crippen molar-refractivity contribution in [2.45, 2.75) is 38.2 Å². The van der Waals surface area contributed by atoms with Gasteiger partial charge in [-0.3, -0.25) is 4.57 Å². The van der Waals surface area contributed by atoms with Crippen molar-refractivity contribution in [2.24, 2.45) is 0 Å². The van der Waals surface area contributed by atoms with Gasteiger partial charge in [-0.2, -0.15) is 23.4 Å². The normalized spacial score (nSPS) is 16.5. The minimum absolute atomic E-state index is 0.0352. The fourth-order valence-corrected chi connectivity index (χ4v) is 4.63. The van der Waals surface area contributed by atoms with Crippen LogP contribution in [0.5, 0.6) is 17.4 Å². The Bertz CT molecular complexity index is 1400. The quantitative estimate of drug-likeness (QED) is 0.480. The summed E-state index contributed by atoms with van der Waals surface area (Å²) in [5.74, 6) is 0.963. The Morgan fingerprint density at radius 2 is 2.03 bits per heavy atom. The molecule has 0 radical (unpaired) electrons. The highest BCUT2D eigenvalue weighted by Gasteiger charge is 2.35.